The molecule has 4 rings (SSSR count). The maximum Gasteiger partial charge on any atom is 0.329 e. The van der Waals surface area contributed by atoms with Gasteiger partial charge in [0.05, 0.1) is 24.4 Å². The summed E-state index contributed by atoms with van der Waals surface area (Å²) < 4.78 is 30.2. The fourth-order valence-electron chi connectivity index (χ4n) is 10.2. The zero-order valence-corrected chi connectivity index (χ0v) is 38.9. The van der Waals surface area contributed by atoms with E-state index in [2.05, 4.69) is 0 Å². The first-order chi connectivity index (χ1) is 29.3. The van der Waals surface area contributed by atoms with Gasteiger partial charge in [0.1, 0.15) is 24.0 Å². The highest BCUT2D eigenvalue weighted by Crippen LogP contribution is 2.40. The number of piperidine rings is 1. The molecule has 350 valence electrons. The maximum atomic E-state index is 14.4. The number of methoxy groups -OCH3 is 3. The van der Waals surface area contributed by atoms with Crippen LogP contribution in [-0.2, 0) is 47.7 Å². The van der Waals surface area contributed by atoms with Crippen LogP contribution in [0.2, 0.25) is 0 Å². The predicted molar refractivity (Wildman–Crippen MR) is 232 cm³/mol. The van der Waals surface area contributed by atoms with Crippen molar-refractivity contribution in [2.45, 2.75) is 180 Å². The average molecular weight is 874 g/mol. The van der Waals surface area contributed by atoms with E-state index in [1.165, 1.54) is 19.1 Å². The molecule has 0 aromatic heterocycles. The first-order valence-corrected chi connectivity index (χ1v) is 22.8. The number of aliphatic carboxylic acids is 1. The Bertz CT molecular complexity index is 1690. The van der Waals surface area contributed by atoms with Crippen molar-refractivity contribution in [3.63, 3.8) is 0 Å². The molecule has 62 heavy (non-hydrogen) atoms. The zero-order chi connectivity index (χ0) is 46.1. The third-order valence-corrected chi connectivity index (χ3v) is 14.0. The van der Waals surface area contributed by atoms with Gasteiger partial charge in [-0.15, -0.1) is 0 Å². The number of carboxylic acids is 1. The SMILES string of the molecule is CCC1/C=C(\C)CC(C)CC(OC)C2OC(O)(C(=O)C(=O)N3CCCCC3C(=O)OC(C(C)=CC3CCC(=C(C)CCC(=O)O)C(OC)C3)C(C)C(O)CC1=O)C(C)CC2OC. The normalized spacial score (nSPS) is 38.3. The molecule has 2 saturated heterocycles. The summed E-state index contributed by atoms with van der Waals surface area (Å²) in [5, 5.41) is 33.1. The van der Waals surface area contributed by atoms with Crippen LogP contribution in [0.3, 0.4) is 0 Å². The molecule has 3 fully saturated rings. The van der Waals surface area contributed by atoms with Crippen LogP contribution in [0.25, 0.3) is 0 Å². The lowest BCUT2D eigenvalue weighted by Gasteiger charge is -2.47. The van der Waals surface area contributed by atoms with Gasteiger partial charge in [-0.1, -0.05) is 51.0 Å². The molecular formula is C48H75NO13. The Morgan fingerprint density at radius 3 is 2.26 bits per heavy atom. The van der Waals surface area contributed by atoms with E-state index in [9.17, 15) is 39.3 Å². The Morgan fingerprint density at radius 1 is 0.952 bits per heavy atom. The van der Waals surface area contributed by atoms with E-state index in [0.717, 1.165) is 23.1 Å². The molecule has 13 atom stereocenters. The summed E-state index contributed by atoms with van der Waals surface area (Å²) in [5.74, 6) is -8.49. The number of aliphatic hydroxyl groups excluding tert-OH is 1. The molecule has 14 nitrogen and oxygen atoms in total. The summed E-state index contributed by atoms with van der Waals surface area (Å²) in [6.07, 6.45) is 5.00. The van der Waals surface area contributed by atoms with E-state index < -0.39 is 83.7 Å². The van der Waals surface area contributed by atoms with Gasteiger partial charge in [-0.3, -0.25) is 19.2 Å². The lowest BCUT2D eigenvalue weighted by atomic mass is 9.79. The number of esters is 1. The molecule has 1 saturated carbocycles. The highest BCUT2D eigenvalue weighted by atomic mass is 16.7. The lowest BCUT2D eigenvalue weighted by Crippen LogP contribution is -2.64. The maximum absolute atomic E-state index is 14.4. The summed E-state index contributed by atoms with van der Waals surface area (Å²) in [4.78, 5) is 69.4. The van der Waals surface area contributed by atoms with Crippen LogP contribution in [0.4, 0.5) is 0 Å². The van der Waals surface area contributed by atoms with Crippen molar-refractivity contribution in [3.05, 3.63) is 34.4 Å². The minimum Gasteiger partial charge on any atom is -0.481 e. The third-order valence-electron chi connectivity index (χ3n) is 14.0. The molecule has 0 spiro atoms. The third kappa shape index (κ3) is 12.5. The number of aliphatic hydroxyl groups is 2. The molecule has 3 N–H and O–H groups in total. The van der Waals surface area contributed by atoms with E-state index in [1.807, 2.05) is 46.8 Å². The number of rotatable bonds is 9. The van der Waals surface area contributed by atoms with Crippen molar-refractivity contribution in [2.24, 2.45) is 29.6 Å². The summed E-state index contributed by atoms with van der Waals surface area (Å²) in [5.41, 5.74) is 3.74. The monoisotopic (exact) mass is 874 g/mol. The molecule has 13 unspecified atom stereocenters. The number of amides is 1. The highest BCUT2D eigenvalue weighted by Gasteiger charge is 2.56. The fraction of sp³-hybridized carbons (Fsp3) is 0.771. The van der Waals surface area contributed by atoms with Gasteiger partial charge >= 0.3 is 11.9 Å². The molecule has 14 heteroatoms. The van der Waals surface area contributed by atoms with E-state index in [-0.39, 0.29) is 56.0 Å². The van der Waals surface area contributed by atoms with Crippen molar-refractivity contribution >= 4 is 29.4 Å². The zero-order valence-electron chi connectivity index (χ0n) is 38.9. The number of allylic oxidation sites excluding steroid dienone is 4. The van der Waals surface area contributed by atoms with Crippen LogP contribution in [0.1, 0.15) is 132 Å². The summed E-state index contributed by atoms with van der Waals surface area (Å²) >= 11 is 0. The van der Waals surface area contributed by atoms with Gasteiger partial charge in [-0.25, -0.2) is 4.79 Å². The largest absolute Gasteiger partial charge is 0.481 e. The number of fused-ring (bicyclic) bond motifs is 3. The molecule has 3 aliphatic heterocycles. The van der Waals surface area contributed by atoms with Crippen LogP contribution in [-0.4, -0.2) is 126 Å². The molecular weight excluding hydrogens is 799 g/mol. The van der Waals surface area contributed by atoms with E-state index in [1.54, 1.807) is 21.0 Å². The summed E-state index contributed by atoms with van der Waals surface area (Å²) in [7, 11) is 4.69. The molecule has 1 aliphatic carbocycles. The summed E-state index contributed by atoms with van der Waals surface area (Å²) in [6, 6.07) is -1.15. The molecule has 4 aliphatic rings. The van der Waals surface area contributed by atoms with E-state index in [0.29, 0.717) is 56.9 Å². The second kappa shape index (κ2) is 23.1. The summed E-state index contributed by atoms with van der Waals surface area (Å²) in [6.45, 7) is 13.2. The Balaban J connectivity index is 1.75. The molecule has 0 aromatic carbocycles. The van der Waals surface area contributed by atoms with Crippen molar-refractivity contribution in [2.75, 3.05) is 27.9 Å². The molecule has 0 aromatic rings. The van der Waals surface area contributed by atoms with Crippen molar-refractivity contribution in [3.8, 4) is 0 Å². The highest BCUT2D eigenvalue weighted by molar-refractivity contribution is 6.39. The molecule has 1 amide bonds. The smallest absolute Gasteiger partial charge is 0.329 e. The molecule has 3 heterocycles. The Kier molecular flexibility index (Phi) is 19.1. The van der Waals surface area contributed by atoms with Gasteiger partial charge in [-0.05, 0) is 114 Å². The molecule has 0 radical (unpaired) electrons. The number of carbonyl (C=O) groups excluding carboxylic acids is 4. The fourth-order valence-corrected chi connectivity index (χ4v) is 10.2. The number of hydrogen-bond donors (Lipinski definition) is 3. The molecule has 2 bridgehead atoms. The minimum absolute atomic E-state index is 0.00592. The van der Waals surface area contributed by atoms with Crippen LogP contribution in [0.15, 0.2) is 34.4 Å². The lowest BCUT2D eigenvalue weighted by molar-refractivity contribution is -0.302. The van der Waals surface area contributed by atoms with Gasteiger partial charge < -0.3 is 43.9 Å². The van der Waals surface area contributed by atoms with Crippen LogP contribution >= 0.6 is 0 Å². The van der Waals surface area contributed by atoms with Crippen LogP contribution in [0.5, 0.6) is 0 Å². The van der Waals surface area contributed by atoms with E-state index in [4.69, 9.17) is 23.7 Å². The standard InChI is InChI=1S/C48H75NO13/c1-11-34-21-27(2)20-28(3)22-40(59-9)44-41(60-10)24-31(6)48(57,62-44)45(54)46(55)49-19-13-12-14-36(49)47(56)61-43(32(7)37(50)26-38(34)51)30(5)23-33-16-17-35(39(25-33)58-8)29(4)15-18-42(52)53/h21,23,28,31-34,36-37,39-41,43-44,50,57H,11-20,22,24-26H2,1-10H3,(H,52,53)/b27-21+,30-23?,35-29?. The van der Waals surface area contributed by atoms with Crippen molar-refractivity contribution < 1.29 is 63.0 Å². The Labute approximate surface area is 368 Å². The number of ether oxygens (including phenoxy) is 5. The number of Topliss-reactive ketones (excluding diaryl/α,β-unsaturated/α-hetero) is 2. The average Bonchev–Trinajstić information content (AvgIpc) is 3.24. The second-order valence-electron chi connectivity index (χ2n) is 18.7. The Morgan fingerprint density at radius 2 is 1.63 bits per heavy atom. The Hall–Kier alpha value is -3.27. The number of nitrogens with zero attached hydrogens (tertiary/aromatic N) is 1. The second-order valence-corrected chi connectivity index (χ2v) is 18.7. The first-order valence-electron chi connectivity index (χ1n) is 22.8. The first kappa shape index (κ1) is 51.4. The number of carboxylic acid groups (broad SMARTS) is 1. The minimum atomic E-state index is -2.52. The number of cyclic esters (lactones) is 1. The van der Waals surface area contributed by atoms with Gasteiger partial charge in [0.25, 0.3) is 11.7 Å². The van der Waals surface area contributed by atoms with E-state index >= 15 is 0 Å². The van der Waals surface area contributed by atoms with Crippen LogP contribution < -0.4 is 0 Å². The predicted octanol–water partition coefficient (Wildman–Crippen LogP) is 6.29. The van der Waals surface area contributed by atoms with Gasteiger partial charge in [0, 0.05) is 58.5 Å². The number of ketones is 2. The van der Waals surface area contributed by atoms with Crippen molar-refractivity contribution in [1.82, 2.24) is 4.90 Å². The van der Waals surface area contributed by atoms with Crippen molar-refractivity contribution in [1.29, 1.82) is 0 Å². The number of carbonyl (C=O) groups is 5. The van der Waals surface area contributed by atoms with Crippen LogP contribution in [0, 0.1) is 29.6 Å². The quantitative estimate of drug-likeness (QED) is 0.133. The van der Waals surface area contributed by atoms with Gasteiger partial charge in [0.15, 0.2) is 0 Å². The van der Waals surface area contributed by atoms with Gasteiger partial charge in [-0.2, -0.15) is 0 Å². The topological polar surface area (TPSA) is 195 Å². The number of hydrogen-bond acceptors (Lipinski definition) is 12. The van der Waals surface area contributed by atoms with Gasteiger partial charge in [0.2, 0.25) is 5.79 Å².